The standard InChI is InChI=1S/C18H22N2O/c1-21-16-11-15(12-20-13-16)18(19)10-6-5-9-17(18)14-7-3-2-4-8-14/h2-4,7-8,11-13,17H,5-6,9-10,19H2,1H3. The van der Waals surface area contributed by atoms with Crippen LogP contribution in [-0.2, 0) is 5.54 Å². The molecule has 2 unspecified atom stereocenters. The molecule has 2 aromatic rings. The minimum atomic E-state index is -0.360. The molecule has 0 radical (unpaired) electrons. The molecule has 2 N–H and O–H groups in total. The number of aromatic nitrogens is 1. The first kappa shape index (κ1) is 14.1. The van der Waals surface area contributed by atoms with Crippen LogP contribution in [0.5, 0.6) is 5.75 Å². The molecule has 1 aliphatic carbocycles. The largest absolute Gasteiger partial charge is 0.495 e. The summed E-state index contributed by atoms with van der Waals surface area (Å²) in [6, 6.07) is 12.6. The molecule has 0 amide bonds. The van der Waals surface area contributed by atoms with Gasteiger partial charge in [-0.25, -0.2) is 0 Å². The summed E-state index contributed by atoms with van der Waals surface area (Å²) in [6.07, 6.45) is 8.13. The zero-order valence-electron chi connectivity index (χ0n) is 12.5. The van der Waals surface area contributed by atoms with Gasteiger partial charge in [0.25, 0.3) is 0 Å². The predicted molar refractivity (Wildman–Crippen MR) is 84.3 cm³/mol. The van der Waals surface area contributed by atoms with Crippen molar-refractivity contribution in [1.82, 2.24) is 4.98 Å². The third-order valence-corrected chi connectivity index (χ3v) is 4.64. The van der Waals surface area contributed by atoms with Gasteiger partial charge < -0.3 is 10.5 Å². The maximum absolute atomic E-state index is 6.88. The molecule has 0 bridgehead atoms. The van der Waals surface area contributed by atoms with Crippen molar-refractivity contribution >= 4 is 0 Å². The lowest BCUT2D eigenvalue weighted by Crippen LogP contribution is -2.45. The number of pyridine rings is 1. The quantitative estimate of drug-likeness (QED) is 0.935. The van der Waals surface area contributed by atoms with Crippen LogP contribution in [-0.4, -0.2) is 12.1 Å². The summed E-state index contributed by atoms with van der Waals surface area (Å²) in [7, 11) is 1.67. The Bertz CT molecular complexity index is 599. The van der Waals surface area contributed by atoms with Crippen LogP contribution in [0, 0.1) is 0 Å². The van der Waals surface area contributed by atoms with E-state index < -0.39 is 0 Å². The van der Waals surface area contributed by atoms with Gasteiger partial charge in [-0.3, -0.25) is 4.98 Å². The number of benzene rings is 1. The van der Waals surface area contributed by atoms with Crippen molar-refractivity contribution in [2.24, 2.45) is 5.73 Å². The minimum Gasteiger partial charge on any atom is -0.495 e. The molecule has 0 spiro atoms. The summed E-state index contributed by atoms with van der Waals surface area (Å²) >= 11 is 0. The molecule has 0 saturated heterocycles. The molecular formula is C18H22N2O. The maximum atomic E-state index is 6.88. The minimum absolute atomic E-state index is 0.335. The number of nitrogens with two attached hydrogens (primary N) is 1. The third-order valence-electron chi connectivity index (χ3n) is 4.64. The first-order valence-corrected chi connectivity index (χ1v) is 7.57. The average Bonchev–Trinajstić information content (AvgIpc) is 2.56. The molecule has 1 fully saturated rings. The van der Waals surface area contributed by atoms with Crippen LogP contribution in [0.3, 0.4) is 0 Å². The van der Waals surface area contributed by atoms with Crippen molar-refractivity contribution in [2.45, 2.75) is 37.1 Å². The molecule has 110 valence electrons. The van der Waals surface area contributed by atoms with Gasteiger partial charge in [0.15, 0.2) is 0 Å². The van der Waals surface area contributed by atoms with Crippen molar-refractivity contribution in [3.8, 4) is 5.75 Å². The van der Waals surface area contributed by atoms with Crippen LogP contribution in [0.25, 0.3) is 0 Å². The van der Waals surface area contributed by atoms with Crippen molar-refractivity contribution in [3.05, 3.63) is 59.9 Å². The topological polar surface area (TPSA) is 48.1 Å². The summed E-state index contributed by atoms with van der Waals surface area (Å²) < 4.78 is 5.31. The Hall–Kier alpha value is -1.87. The molecule has 3 heteroatoms. The Morgan fingerprint density at radius 3 is 2.76 bits per heavy atom. The van der Waals surface area contributed by atoms with Crippen molar-refractivity contribution < 1.29 is 4.74 Å². The highest BCUT2D eigenvalue weighted by molar-refractivity contribution is 5.35. The van der Waals surface area contributed by atoms with E-state index in [1.54, 1.807) is 13.3 Å². The van der Waals surface area contributed by atoms with E-state index in [0.29, 0.717) is 5.92 Å². The van der Waals surface area contributed by atoms with E-state index in [1.165, 1.54) is 12.0 Å². The van der Waals surface area contributed by atoms with Gasteiger partial charge in [0.05, 0.1) is 13.3 Å². The number of rotatable bonds is 3. The first-order chi connectivity index (χ1) is 10.2. The molecule has 1 aromatic carbocycles. The molecule has 0 aliphatic heterocycles. The molecular weight excluding hydrogens is 260 g/mol. The van der Waals surface area contributed by atoms with E-state index in [0.717, 1.165) is 30.6 Å². The third kappa shape index (κ3) is 2.66. The second-order valence-electron chi connectivity index (χ2n) is 5.86. The van der Waals surface area contributed by atoms with Crippen LogP contribution < -0.4 is 10.5 Å². The lowest BCUT2D eigenvalue weighted by Gasteiger charge is -2.42. The Kier molecular flexibility index (Phi) is 3.93. The number of hydrogen-bond acceptors (Lipinski definition) is 3. The number of hydrogen-bond donors (Lipinski definition) is 1. The number of methoxy groups -OCH3 is 1. The van der Waals surface area contributed by atoms with Gasteiger partial charge in [-0.15, -0.1) is 0 Å². The average molecular weight is 282 g/mol. The zero-order chi connectivity index (χ0) is 14.7. The first-order valence-electron chi connectivity index (χ1n) is 7.57. The Morgan fingerprint density at radius 1 is 1.19 bits per heavy atom. The predicted octanol–water partition coefficient (Wildman–Crippen LogP) is 3.60. The zero-order valence-corrected chi connectivity index (χ0v) is 12.5. The van der Waals surface area contributed by atoms with Crippen molar-refractivity contribution in [3.63, 3.8) is 0 Å². The van der Waals surface area contributed by atoms with Crippen LogP contribution in [0.1, 0.15) is 42.7 Å². The maximum Gasteiger partial charge on any atom is 0.137 e. The molecule has 1 heterocycles. The van der Waals surface area contributed by atoms with E-state index >= 15 is 0 Å². The van der Waals surface area contributed by atoms with E-state index in [1.807, 2.05) is 12.3 Å². The Labute approximate surface area is 126 Å². The highest BCUT2D eigenvalue weighted by atomic mass is 16.5. The van der Waals surface area contributed by atoms with Gasteiger partial charge in [-0.1, -0.05) is 43.2 Å². The number of ether oxygens (including phenoxy) is 1. The fourth-order valence-corrected chi connectivity index (χ4v) is 3.48. The molecule has 1 saturated carbocycles. The lowest BCUT2D eigenvalue weighted by atomic mass is 9.67. The summed E-state index contributed by atoms with van der Waals surface area (Å²) in [6.45, 7) is 0. The van der Waals surface area contributed by atoms with Crippen molar-refractivity contribution in [2.75, 3.05) is 7.11 Å². The van der Waals surface area contributed by atoms with Gasteiger partial charge in [-0.2, -0.15) is 0 Å². The molecule has 2 atom stereocenters. The lowest BCUT2D eigenvalue weighted by molar-refractivity contribution is 0.253. The summed E-state index contributed by atoms with van der Waals surface area (Å²) in [5.74, 6) is 1.11. The second kappa shape index (κ2) is 5.86. The van der Waals surface area contributed by atoms with Gasteiger partial charge >= 0.3 is 0 Å². The Morgan fingerprint density at radius 2 is 2.00 bits per heavy atom. The van der Waals surface area contributed by atoms with E-state index in [2.05, 4.69) is 35.3 Å². The molecule has 21 heavy (non-hydrogen) atoms. The van der Waals surface area contributed by atoms with Gasteiger partial charge in [0, 0.05) is 17.7 Å². The molecule has 1 aromatic heterocycles. The highest BCUT2D eigenvalue weighted by Gasteiger charge is 2.39. The summed E-state index contributed by atoms with van der Waals surface area (Å²) in [5, 5.41) is 0. The number of nitrogens with zero attached hydrogens (tertiary/aromatic N) is 1. The smallest absolute Gasteiger partial charge is 0.137 e. The SMILES string of the molecule is COc1cncc(C2(N)CCCCC2c2ccccc2)c1. The Balaban J connectivity index is 2.02. The van der Waals surface area contributed by atoms with E-state index in [9.17, 15) is 0 Å². The molecule has 3 nitrogen and oxygen atoms in total. The van der Waals surface area contributed by atoms with Crippen LogP contribution >= 0.6 is 0 Å². The van der Waals surface area contributed by atoms with Crippen molar-refractivity contribution in [1.29, 1.82) is 0 Å². The fraction of sp³-hybridized carbons (Fsp3) is 0.389. The highest BCUT2D eigenvalue weighted by Crippen LogP contribution is 2.45. The van der Waals surface area contributed by atoms with Crippen LogP contribution in [0.15, 0.2) is 48.8 Å². The van der Waals surface area contributed by atoms with E-state index in [4.69, 9.17) is 10.5 Å². The summed E-state index contributed by atoms with van der Waals surface area (Å²) in [4.78, 5) is 4.30. The normalized spacial score (nSPS) is 25.5. The van der Waals surface area contributed by atoms with Crippen LogP contribution in [0.2, 0.25) is 0 Å². The fourth-order valence-electron chi connectivity index (χ4n) is 3.48. The second-order valence-corrected chi connectivity index (χ2v) is 5.86. The van der Waals surface area contributed by atoms with E-state index in [-0.39, 0.29) is 5.54 Å². The van der Waals surface area contributed by atoms with Gasteiger partial charge in [-0.05, 0) is 30.0 Å². The summed E-state index contributed by atoms with van der Waals surface area (Å²) in [5.41, 5.74) is 8.93. The van der Waals surface area contributed by atoms with Crippen LogP contribution in [0.4, 0.5) is 0 Å². The van der Waals surface area contributed by atoms with Gasteiger partial charge in [0.1, 0.15) is 5.75 Å². The van der Waals surface area contributed by atoms with Gasteiger partial charge in [0.2, 0.25) is 0 Å². The molecule has 3 rings (SSSR count). The monoisotopic (exact) mass is 282 g/mol. The molecule has 1 aliphatic rings.